The first-order valence-corrected chi connectivity index (χ1v) is 6.22. The van der Waals surface area contributed by atoms with Crippen molar-refractivity contribution in [2.75, 3.05) is 0 Å². The number of rotatable bonds is 1. The summed E-state index contributed by atoms with van der Waals surface area (Å²) >= 11 is 5.94. The maximum absolute atomic E-state index is 13.1. The molecule has 0 saturated heterocycles. The molecule has 7 heteroatoms. The fourth-order valence-electron chi connectivity index (χ4n) is 2.41. The molecule has 0 amide bonds. The van der Waals surface area contributed by atoms with Gasteiger partial charge in [0.25, 0.3) is 0 Å². The van der Waals surface area contributed by atoms with Crippen LogP contribution in [-0.2, 0) is 6.18 Å². The summed E-state index contributed by atoms with van der Waals surface area (Å²) in [6.45, 7) is 0. The van der Waals surface area contributed by atoms with Crippen LogP contribution in [0.3, 0.4) is 0 Å². The summed E-state index contributed by atoms with van der Waals surface area (Å²) in [4.78, 5) is 13.9. The second-order valence-electron chi connectivity index (χ2n) is 4.50. The predicted molar refractivity (Wildman–Crippen MR) is 72.8 cm³/mol. The summed E-state index contributed by atoms with van der Waals surface area (Å²) < 4.78 is 39.4. The molecule has 1 aromatic heterocycles. The van der Waals surface area contributed by atoms with Gasteiger partial charge in [0.05, 0.1) is 27.2 Å². The van der Waals surface area contributed by atoms with Gasteiger partial charge < -0.3 is 10.1 Å². The van der Waals surface area contributed by atoms with Crippen molar-refractivity contribution in [2.24, 2.45) is 0 Å². The van der Waals surface area contributed by atoms with E-state index in [1.165, 1.54) is 18.2 Å². The first kappa shape index (κ1) is 13.8. The molecule has 2 N–H and O–H groups in total. The molecule has 0 atom stereocenters. The lowest BCUT2D eigenvalue weighted by atomic mass is 10.0. The third-order valence-electron chi connectivity index (χ3n) is 3.27. The van der Waals surface area contributed by atoms with Crippen molar-refractivity contribution >= 4 is 39.4 Å². The number of carboxylic acid groups (broad SMARTS) is 1. The number of aromatic nitrogens is 1. The summed E-state index contributed by atoms with van der Waals surface area (Å²) in [7, 11) is 0. The van der Waals surface area contributed by atoms with Crippen molar-refractivity contribution in [3.05, 3.63) is 46.5 Å². The lowest BCUT2D eigenvalue weighted by Crippen LogP contribution is -2.05. The highest BCUT2D eigenvalue weighted by Crippen LogP contribution is 2.41. The number of para-hydroxylation sites is 1. The minimum Gasteiger partial charge on any atom is -0.478 e. The van der Waals surface area contributed by atoms with E-state index in [4.69, 9.17) is 16.7 Å². The molecule has 0 unspecified atom stereocenters. The Balaban J connectivity index is 2.56. The second kappa shape index (κ2) is 4.39. The van der Waals surface area contributed by atoms with Crippen LogP contribution < -0.4 is 0 Å². The number of hydrogen-bond donors (Lipinski definition) is 2. The first-order chi connectivity index (χ1) is 9.80. The van der Waals surface area contributed by atoms with E-state index in [1.807, 2.05) is 0 Å². The van der Waals surface area contributed by atoms with Gasteiger partial charge in [-0.15, -0.1) is 0 Å². The standard InChI is InChI=1S/C14H7ClF3NO2/c15-9-5-4-8(14(16,17)18)10-6-2-1-3-7(13(20)21)11(6)19-12(9)10/h1-5,19H,(H,20,21). The number of fused-ring (bicyclic) bond motifs is 3. The van der Waals surface area contributed by atoms with Crippen LogP contribution in [0, 0.1) is 0 Å². The summed E-state index contributed by atoms with van der Waals surface area (Å²) in [5.74, 6) is -1.23. The number of halogens is 4. The summed E-state index contributed by atoms with van der Waals surface area (Å²) in [6, 6.07) is 6.20. The van der Waals surface area contributed by atoms with Crippen LogP contribution in [-0.4, -0.2) is 16.1 Å². The maximum Gasteiger partial charge on any atom is 0.417 e. The van der Waals surface area contributed by atoms with Gasteiger partial charge in [-0.05, 0) is 18.2 Å². The quantitative estimate of drug-likeness (QED) is 0.684. The Bertz CT molecular complexity index is 883. The van der Waals surface area contributed by atoms with Crippen LogP contribution in [0.15, 0.2) is 30.3 Å². The zero-order valence-electron chi connectivity index (χ0n) is 10.3. The zero-order valence-corrected chi connectivity index (χ0v) is 11.0. The van der Waals surface area contributed by atoms with Gasteiger partial charge in [-0.25, -0.2) is 4.79 Å². The molecule has 108 valence electrons. The fraction of sp³-hybridized carbons (Fsp3) is 0.0714. The van der Waals surface area contributed by atoms with Crippen molar-refractivity contribution in [3.8, 4) is 0 Å². The molecule has 0 aliphatic rings. The van der Waals surface area contributed by atoms with E-state index in [0.717, 1.165) is 12.1 Å². The normalized spacial score (nSPS) is 12.2. The summed E-state index contributed by atoms with van der Waals surface area (Å²) in [6.07, 6.45) is -4.56. The molecule has 0 fully saturated rings. The van der Waals surface area contributed by atoms with Gasteiger partial charge in [-0.1, -0.05) is 23.7 Å². The molecular formula is C14H7ClF3NO2. The van der Waals surface area contributed by atoms with Crippen LogP contribution in [0.2, 0.25) is 5.02 Å². The highest BCUT2D eigenvalue weighted by atomic mass is 35.5. The van der Waals surface area contributed by atoms with Crippen LogP contribution >= 0.6 is 11.6 Å². The van der Waals surface area contributed by atoms with Crippen LogP contribution in [0.4, 0.5) is 13.2 Å². The third-order valence-corrected chi connectivity index (χ3v) is 3.59. The van der Waals surface area contributed by atoms with E-state index in [1.54, 1.807) is 0 Å². The topological polar surface area (TPSA) is 53.1 Å². The minimum absolute atomic E-state index is 0.0789. The van der Waals surface area contributed by atoms with Gasteiger partial charge in [0, 0.05) is 10.8 Å². The van der Waals surface area contributed by atoms with E-state index in [-0.39, 0.29) is 32.4 Å². The Hall–Kier alpha value is -2.21. The monoisotopic (exact) mass is 313 g/mol. The highest BCUT2D eigenvalue weighted by Gasteiger charge is 2.34. The van der Waals surface area contributed by atoms with E-state index in [2.05, 4.69) is 4.98 Å². The van der Waals surface area contributed by atoms with Crippen molar-refractivity contribution in [1.29, 1.82) is 0 Å². The molecule has 3 rings (SSSR count). The molecule has 1 heterocycles. The van der Waals surface area contributed by atoms with Crippen LogP contribution in [0.5, 0.6) is 0 Å². The Labute approximate surface area is 120 Å². The largest absolute Gasteiger partial charge is 0.478 e. The maximum atomic E-state index is 13.1. The molecule has 0 radical (unpaired) electrons. The number of carboxylic acids is 1. The molecule has 0 spiro atoms. The Morgan fingerprint density at radius 1 is 1.14 bits per heavy atom. The number of hydrogen-bond acceptors (Lipinski definition) is 1. The number of H-pyrrole nitrogens is 1. The SMILES string of the molecule is O=C(O)c1cccc2c1[nH]c1c(Cl)ccc(C(F)(F)F)c12. The molecule has 0 bridgehead atoms. The van der Waals surface area contributed by atoms with Crippen molar-refractivity contribution in [3.63, 3.8) is 0 Å². The van der Waals surface area contributed by atoms with Gasteiger partial charge in [-0.2, -0.15) is 13.2 Å². The summed E-state index contributed by atoms with van der Waals surface area (Å²) in [5, 5.41) is 9.30. The second-order valence-corrected chi connectivity index (χ2v) is 4.91. The first-order valence-electron chi connectivity index (χ1n) is 5.84. The molecule has 3 aromatic rings. The zero-order chi connectivity index (χ0) is 15.4. The predicted octanol–water partition coefficient (Wildman–Crippen LogP) is 4.69. The highest BCUT2D eigenvalue weighted by molar-refractivity contribution is 6.36. The van der Waals surface area contributed by atoms with Crippen molar-refractivity contribution in [2.45, 2.75) is 6.18 Å². The lowest BCUT2D eigenvalue weighted by molar-refractivity contribution is -0.136. The van der Waals surface area contributed by atoms with Crippen LogP contribution in [0.25, 0.3) is 21.8 Å². The van der Waals surface area contributed by atoms with Crippen molar-refractivity contribution in [1.82, 2.24) is 4.98 Å². The number of aromatic carboxylic acids is 1. The number of aromatic amines is 1. The van der Waals surface area contributed by atoms with E-state index >= 15 is 0 Å². The smallest absolute Gasteiger partial charge is 0.417 e. The molecule has 0 aliphatic heterocycles. The average Bonchev–Trinajstić information content (AvgIpc) is 2.77. The molecular weight excluding hydrogens is 307 g/mol. The van der Waals surface area contributed by atoms with E-state index in [0.29, 0.717) is 0 Å². The Kier molecular flexibility index (Phi) is 2.88. The number of carbonyl (C=O) groups is 1. The van der Waals surface area contributed by atoms with Gasteiger partial charge in [0.15, 0.2) is 0 Å². The van der Waals surface area contributed by atoms with Crippen LogP contribution in [0.1, 0.15) is 15.9 Å². The van der Waals surface area contributed by atoms with Gasteiger partial charge in [0.1, 0.15) is 0 Å². The molecule has 0 saturated carbocycles. The molecule has 21 heavy (non-hydrogen) atoms. The third kappa shape index (κ3) is 2.03. The fourth-order valence-corrected chi connectivity index (χ4v) is 2.62. The van der Waals surface area contributed by atoms with Gasteiger partial charge in [-0.3, -0.25) is 0 Å². The Morgan fingerprint density at radius 2 is 1.86 bits per heavy atom. The van der Waals surface area contributed by atoms with Crippen molar-refractivity contribution < 1.29 is 23.1 Å². The number of benzene rings is 2. The number of nitrogens with one attached hydrogen (secondary N) is 1. The molecule has 3 nitrogen and oxygen atoms in total. The summed E-state index contributed by atoms with van der Waals surface area (Å²) in [5.41, 5.74) is -0.752. The molecule has 2 aromatic carbocycles. The van der Waals surface area contributed by atoms with E-state index < -0.39 is 17.7 Å². The number of alkyl halides is 3. The minimum atomic E-state index is -4.56. The Morgan fingerprint density at radius 3 is 2.48 bits per heavy atom. The van der Waals surface area contributed by atoms with Gasteiger partial charge >= 0.3 is 12.1 Å². The van der Waals surface area contributed by atoms with E-state index in [9.17, 15) is 18.0 Å². The molecule has 0 aliphatic carbocycles. The lowest BCUT2D eigenvalue weighted by Gasteiger charge is -2.09. The van der Waals surface area contributed by atoms with Gasteiger partial charge in [0.2, 0.25) is 0 Å². The average molecular weight is 314 g/mol.